The summed E-state index contributed by atoms with van der Waals surface area (Å²) in [5.74, 6) is 0.481. The lowest BCUT2D eigenvalue weighted by molar-refractivity contribution is -0.133. The Morgan fingerprint density at radius 3 is 2.45 bits per heavy atom. The van der Waals surface area contributed by atoms with Gasteiger partial charge < -0.3 is 10.6 Å². The van der Waals surface area contributed by atoms with Crippen molar-refractivity contribution in [1.29, 1.82) is 0 Å². The number of nitrogens with one attached hydrogen (secondary N) is 2. The normalized spacial score (nSPS) is 23.9. The molecule has 0 aliphatic carbocycles. The largest absolute Gasteiger partial charge is 0.349 e. The highest BCUT2D eigenvalue weighted by atomic mass is 35.5. The number of carbonyl (C=O) groups is 1. The molecular formula is C16H23ClN2O. The number of hydrogen-bond donors (Lipinski definition) is 2. The van der Waals surface area contributed by atoms with E-state index in [4.69, 9.17) is 11.6 Å². The number of carbonyl (C=O) groups excluding carboxylic acids is 1. The predicted octanol–water partition coefficient (Wildman–Crippen LogP) is 3.15. The molecule has 1 saturated heterocycles. The van der Waals surface area contributed by atoms with Crippen LogP contribution in [0.3, 0.4) is 0 Å². The molecule has 1 amide bonds. The third-order valence-electron chi connectivity index (χ3n) is 4.46. The molecule has 1 aliphatic rings. The molecule has 1 heterocycles. The van der Waals surface area contributed by atoms with Crippen LogP contribution in [0, 0.1) is 11.3 Å². The Balaban J connectivity index is 2.08. The van der Waals surface area contributed by atoms with Crippen LogP contribution in [0.15, 0.2) is 24.3 Å². The highest BCUT2D eigenvalue weighted by Crippen LogP contribution is 2.35. The molecule has 0 radical (unpaired) electrons. The third kappa shape index (κ3) is 2.99. The highest BCUT2D eigenvalue weighted by molar-refractivity contribution is 6.30. The van der Waals surface area contributed by atoms with Gasteiger partial charge in [-0.3, -0.25) is 4.79 Å². The zero-order valence-electron chi connectivity index (χ0n) is 12.4. The Hall–Kier alpha value is -1.06. The lowest BCUT2D eigenvalue weighted by Gasteiger charge is -2.32. The fourth-order valence-electron chi connectivity index (χ4n) is 2.84. The van der Waals surface area contributed by atoms with Gasteiger partial charge >= 0.3 is 0 Å². The maximum absolute atomic E-state index is 12.7. The van der Waals surface area contributed by atoms with Crippen molar-refractivity contribution in [3.8, 4) is 0 Å². The van der Waals surface area contributed by atoms with Gasteiger partial charge in [0.25, 0.3) is 0 Å². The fraction of sp³-hybridized carbons (Fsp3) is 0.562. The molecule has 1 aliphatic heterocycles. The minimum Gasteiger partial charge on any atom is -0.349 e. The molecule has 110 valence electrons. The quantitative estimate of drug-likeness (QED) is 0.896. The number of amides is 1. The SMILES string of the molecule is CC(C)C1(C(=O)N[C@H](C)c2ccc(Cl)cc2)CCNC1. The van der Waals surface area contributed by atoms with Gasteiger partial charge in [-0.05, 0) is 43.5 Å². The standard InChI is InChI=1S/C16H23ClN2O/c1-11(2)16(8-9-18-10-16)15(20)19-12(3)13-4-6-14(17)7-5-13/h4-7,11-12,18H,8-10H2,1-3H3,(H,19,20)/t12-,16?/m1/s1. The number of hydrogen-bond acceptors (Lipinski definition) is 2. The molecule has 2 N–H and O–H groups in total. The Kier molecular flexibility index (Phi) is 4.71. The minimum atomic E-state index is -0.277. The zero-order valence-corrected chi connectivity index (χ0v) is 13.1. The Bertz CT molecular complexity index is 464. The maximum atomic E-state index is 12.7. The second-order valence-electron chi connectivity index (χ2n) is 5.98. The van der Waals surface area contributed by atoms with E-state index in [1.807, 2.05) is 31.2 Å². The van der Waals surface area contributed by atoms with Gasteiger partial charge in [-0.2, -0.15) is 0 Å². The maximum Gasteiger partial charge on any atom is 0.228 e. The number of rotatable bonds is 4. The first kappa shape index (κ1) is 15.3. The summed E-state index contributed by atoms with van der Waals surface area (Å²) in [5.41, 5.74) is 0.799. The molecule has 0 aromatic heterocycles. The molecule has 4 heteroatoms. The third-order valence-corrected chi connectivity index (χ3v) is 4.72. The topological polar surface area (TPSA) is 41.1 Å². The van der Waals surface area contributed by atoms with E-state index in [1.165, 1.54) is 0 Å². The van der Waals surface area contributed by atoms with Crippen molar-refractivity contribution >= 4 is 17.5 Å². The van der Waals surface area contributed by atoms with Crippen LogP contribution in [-0.2, 0) is 4.79 Å². The van der Waals surface area contributed by atoms with E-state index in [2.05, 4.69) is 24.5 Å². The van der Waals surface area contributed by atoms with Crippen molar-refractivity contribution in [2.75, 3.05) is 13.1 Å². The molecule has 3 nitrogen and oxygen atoms in total. The van der Waals surface area contributed by atoms with E-state index in [0.29, 0.717) is 10.9 Å². The summed E-state index contributed by atoms with van der Waals surface area (Å²) in [4.78, 5) is 12.7. The Morgan fingerprint density at radius 1 is 1.30 bits per heavy atom. The second kappa shape index (κ2) is 6.15. The first-order chi connectivity index (χ1) is 9.45. The highest BCUT2D eigenvalue weighted by Gasteiger charge is 2.44. The lowest BCUT2D eigenvalue weighted by atomic mass is 9.75. The average Bonchev–Trinajstić information content (AvgIpc) is 2.90. The van der Waals surface area contributed by atoms with Gasteiger partial charge in [0.05, 0.1) is 11.5 Å². The van der Waals surface area contributed by atoms with E-state index in [0.717, 1.165) is 25.1 Å². The first-order valence-electron chi connectivity index (χ1n) is 7.23. The van der Waals surface area contributed by atoms with Crippen LogP contribution in [0.2, 0.25) is 5.02 Å². The van der Waals surface area contributed by atoms with Crippen LogP contribution in [0.4, 0.5) is 0 Å². The van der Waals surface area contributed by atoms with Gasteiger partial charge in [0, 0.05) is 11.6 Å². The molecule has 0 spiro atoms. The number of halogens is 1. The average molecular weight is 295 g/mol. The zero-order chi connectivity index (χ0) is 14.8. The molecule has 1 aromatic rings. The minimum absolute atomic E-state index is 0.00371. The molecule has 1 aromatic carbocycles. The van der Waals surface area contributed by atoms with E-state index in [-0.39, 0.29) is 17.4 Å². The van der Waals surface area contributed by atoms with E-state index < -0.39 is 0 Å². The van der Waals surface area contributed by atoms with Gasteiger partial charge in [0.15, 0.2) is 0 Å². The van der Waals surface area contributed by atoms with Crippen molar-refractivity contribution < 1.29 is 4.79 Å². The monoisotopic (exact) mass is 294 g/mol. The van der Waals surface area contributed by atoms with Crippen molar-refractivity contribution in [1.82, 2.24) is 10.6 Å². The van der Waals surface area contributed by atoms with E-state index in [1.54, 1.807) is 0 Å². The van der Waals surface area contributed by atoms with Crippen molar-refractivity contribution in [3.63, 3.8) is 0 Å². The van der Waals surface area contributed by atoms with Gasteiger partial charge in [-0.15, -0.1) is 0 Å². The summed E-state index contributed by atoms with van der Waals surface area (Å²) in [6, 6.07) is 7.63. The van der Waals surface area contributed by atoms with E-state index >= 15 is 0 Å². The lowest BCUT2D eigenvalue weighted by Crippen LogP contribution is -2.46. The molecule has 20 heavy (non-hydrogen) atoms. The van der Waals surface area contributed by atoms with Crippen molar-refractivity contribution in [2.24, 2.45) is 11.3 Å². The van der Waals surface area contributed by atoms with E-state index in [9.17, 15) is 4.79 Å². The Morgan fingerprint density at radius 2 is 1.95 bits per heavy atom. The van der Waals surface area contributed by atoms with Crippen LogP contribution in [0.5, 0.6) is 0 Å². The van der Waals surface area contributed by atoms with Crippen LogP contribution >= 0.6 is 11.6 Å². The van der Waals surface area contributed by atoms with Crippen LogP contribution in [-0.4, -0.2) is 19.0 Å². The molecule has 2 rings (SSSR count). The molecule has 1 unspecified atom stereocenters. The van der Waals surface area contributed by atoms with Crippen molar-refractivity contribution in [3.05, 3.63) is 34.9 Å². The summed E-state index contributed by atoms with van der Waals surface area (Å²) in [6.45, 7) is 7.95. The number of benzene rings is 1. The Labute approximate surface area is 126 Å². The second-order valence-corrected chi connectivity index (χ2v) is 6.42. The molecular weight excluding hydrogens is 272 g/mol. The van der Waals surface area contributed by atoms with Crippen molar-refractivity contribution in [2.45, 2.75) is 33.2 Å². The van der Waals surface area contributed by atoms with Gasteiger partial charge in [0.1, 0.15) is 0 Å². The summed E-state index contributed by atoms with van der Waals surface area (Å²) >= 11 is 5.89. The van der Waals surface area contributed by atoms with Crippen LogP contribution in [0.1, 0.15) is 38.8 Å². The summed E-state index contributed by atoms with van der Waals surface area (Å²) in [5, 5.41) is 7.19. The van der Waals surface area contributed by atoms with Crippen LogP contribution < -0.4 is 10.6 Å². The van der Waals surface area contributed by atoms with Crippen LogP contribution in [0.25, 0.3) is 0 Å². The molecule has 2 atom stereocenters. The fourth-order valence-corrected chi connectivity index (χ4v) is 2.96. The molecule has 0 saturated carbocycles. The first-order valence-corrected chi connectivity index (χ1v) is 7.60. The summed E-state index contributed by atoms with van der Waals surface area (Å²) < 4.78 is 0. The van der Waals surface area contributed by atoms with Gasteiger partial charge in [-0.25, -0.2) is 0 Å². The molecule has 1 fully saturated rings. The summed E-state index contributed by atoms with van der Waals surface area (Å²) in [6.07, 6.45) is 0.907. The smallest absolute Gasteiger partial charge is 0.228 e. The summed E-state index contributed by atoms with van der Waals surface area (Å²) in [7, 11) is 0. The predicted molar refractivity (Wildman–Crippen MR) is 82.8 cm³/mol. The molecule has 0 bridgehead atoms. The van der Waals surface area contributed by atoms with Gasteiger partial charge in [-0.1, -0.05) is 37.6 Å². The van der Waals surface area contributed by atoms with Gasteiger partial charge in [0.2, 0.25) is 5.91 Å².